The van der Waals surface area contributed by atoms with Crippen molar-refractivity contribution in [2.24, 2.45) is 0 Å². The Balaban J connectivity index is 2.01. The number of carboxylic acids is 1. The van der Waals surface area contributed by atoms with E-state index in [1.54, 1.807) is 0 Å². The summed E-state index contributed by atoms with van der Waals surface area (Å²) >= 11 is 0. The number of aliphatic carboxylic acids is 1. The molecule has 0 spiro atoms. The van der Waals surface area contributed by atoms with E-state index in [2.05, 4.69) is 4.52 Å². The van der Waals surface area contributed by atoms with E-state index in [1.165, 1.54) is 6.07 Å². The molecule has 0 aromatic heterocycles. The maximum atomic E-state index is 13.9. The zero-order valence-electron chi connectivity index (χ0n) is 14.8. The Hall–Kier alpha value is -3.05. The molecule has 3 rings (SSSR count). The van der Waals surface area contributed by atoms with Crippen molar-refractivity contribution in [3.63, 3.8) is 0 Å². The van der Waals surface area contributed by atoms with Gasteiger partial charge in [-0.3, -0.25) is 4.79 Å². The Morgan fingerprint density at radius 1 is 1.03 bits per heavy atom. The first-order valence-electron chi connectivity index (χ1n) is 7.93. The Morgan fingerprint density at radius 3 is 2.20 bits per heavy atom. The van der Waals surface area contributed by atoms with E-state index in [1.807, 2.05) is 5.09 Å². The summed E-state index contributed by atoms with van der Waals surface area (Å²) in [6, 6.07) is 1.92. The molecule has 0 saturated carbocycles. The van der Waals surface area contributed by atoms with E-state index in [9.17, 15) is 31.3 Å². The highest BCUT2D eigenvalue weighted by atomic mass is 31.2. The third-order valence-corrected chi connectivity index (χ3v) is 5.25. The number of halogens is 5. The highest BCUT2D eigenvalue weighted by molar-refractivity contribution is 7.52. The van der Waals surface area contributed by atoms with E-state index >= 15 is 0 Å². The number of carbonyl (C=O) groups is 1. The third kappa shape index (κ3) is 4.12. The van der Waals surface area contributed by atoms with Gasteiger partial charge in [-0.15, -0.1) is 0 Å². The second-order valence-electron chi connectivity index (χ2n) is 5.78. The summed E-state index contributed by atoms with van der Waals surface area (Å²) in [6.07, 6.45) is 0. The summed E-state index contributed by atoms with van der Waals surface area (Å²) in [5, 5.41) is 10.8. The number of ether oxygens (including phenoxy) is 2. The summed E-state index contributed by atoms with van der Waals surface area (Å²) in [4.78, 5) is 11.1. The molecule has 1 aliphatic heterocycles. The molecule has 8 nitrogen and oxygen atoms in total. The van der Waals surface area contributed by atoms with Crippen LogP contribution in [0.25, 0.3) is 0 Å². The van der Waals surface area contributed by atoms with Crippen molar-refractivity contribution in [2.45, 2.75) is 13.0 Å². The summed E-state index contributed by atoms with van der Waals surface area (Å²) < 4.78 is 101. The van der Waals surface area contributed by atoms with E-state index in [-0.39, 0.29) is 24.0 Å². The van der Waals surface area contributed by atoms with Crippen molar-refractivity contribution >= 4 is 13.7 Å². The van der Waals surface area contributed by atoms with Crippen molar-refractivity contribution in [2.75, 3.05) is 6.79 Å². The van der Waals surface area contributed by atoms with Crippen LogP contribution in [-0.2, 0) is 9.36 Å². The van der Waals surface area contributed by atoms with Gasteiger partial charge in [-0.05, 0) is 19.1 Å². The van der Waals surface area contributed by atoms with Crippen LogP contribution in [0.2, 0.25) is 0 Å². The van der Waals surface area contributed by atoms with Gasteiger partial charge in [-0.2, -0.15) is 13.9 Å². The van der Waals surface area contributed by atoms with E-state index in [0.717, 1.165) is 19.1 Å². The van der Waals surface area contributed by atoms with Crippen molar-refractivity contribution in [3.8, 4) is 23.0 Å². The molecular formula is C16H11F5NO7P. The van der Waals surface area contributed by atoms with Gasteiger partial charge in [0.05, 0.1) is 0 Å². The Kier molecular flexibility index (Phi) is 5.77. The first-order valence-corrected chi connectivity index (χ1v) is 9.47. The van der Waals surface area contributed by atoms with Crippen LogP contribution in [-0.4, -0.2) is 23.9 Å². The SMILES string of the molecule is CC(NP(=O)(Oc1ccc2c(c1)OCO2)Oc1c(F)c(F)c(F)c(F)c1F)C(=O)O. The zero-order chi connectivity index (χ0) is 22.2. The minimum atomic E-state index is -5.07. The molecule has 0 bridgehead atoms. The molecule has 2 unspecified atom stereocenters. The molecule has 2 aromatic carbocycles. The minimum Gasteiger partial charge on any atom is -0.480 e. The highest BCUT2D eigenvalue weighted by Crippen LogP contribution is 2.49. The Bertz CT molecular complexity index is 1040. The number of benzene rings is 2. The Labute approximate surface area is 164 Å². The minimum absolute atomic E-state index is 0.126. The molecule has 0 aliphatic carbocycles. The lowest BCUT2D eigenvalue weighted by molar-refractivity contribution is -0.138. The van der Waals surface area contributed by atoms with E-state index in [4.69, 9.17) is 19.1 Å². The molecule has 162 valence electrons. The predicted molar refractivity (Wildman–Crippen MR) is 87.9 cm³/mol. The van der Waals surface area contributed by atoms with Gasteiger partial charge >= 0.3 is 13.7 Å². The lowest BCUT2D eigenvalue weighted by Gasteiger charge is -2.23. The van der Waals surface area contributed by atoms with Crippen molar-refractivity contribution in [1.82, 2.24) is 5.09 Å². The zero-order valence-corrected chi connectivity index (χ0v) is 15.6. The average Bonchev–Trinajstić information content (AvgIpc) is 3.16. The van der Waals surface area contributed by atoms with Crippen LogP contribution in [0, 0.1) is 29.1 Å². The standard InChI is InChI=1S/C16H11F5NO7P/c1-6(16(23)24)22-30(25,28-7-2-3-8-9(4-7)27-5-26-8)29-15-13(20)11(18)10(17)12(19)14(15)21/h2-4,6H,5H2,1H3,(H,22,25)(H,23,24). The van der Waals surface area contributed by atoms with E-state index < -0.39 is 54.6 Å². The predicted octanol–water partition coefficient (Wildman–Crippen LogP) is 3.74. The van der Waals surface area contributed by atoms with Crippen LogP contribution < -0.4 is 23.6 Å². The quantitative estimate of drug-likeness (QED) is 0.282. The van der Waals surface area contributed by atoms with Crippen molar-refractivity contribution in [3.05, 3.63) is 47.3 Å². The summed E-state index contributed by atoms with van der Waals surface area (Å²) in [6.45, 7) is 0.839. The second kappa shape index (κ2) is 8.00. The van der Waals surface area contributed by atoms with Gasteiger partial charge in [-0.25, -0.2) is 17.7 Å². The second-order valence-corrected chi connectivity index (χ2v) is 7.40. The van der Waals surface area contributed by atoms with Gasteiger partial charge in [0, 0.05) is 6.07 Å². The van der Waals surface area contributed by atoms with Gasteiger partial charge in [0.1, 0.15) is 11.8 Å². The average molecular weight is 455 g/mol. The van der Waals surface area contributed by atoms with Crippen molar-refractivity contribution in [1.29, 1.82) is 0 Å². The fourth-order valence-electron chi connectivity index (χ4n) is 2.22. The normalized spacial score (nSPS) is 15.4. The fourth-order valence-corrected chi connectivity index (χ4v) is 3.74. The maximum absolute atomic E-state index is 13.9. The molecule has 30 heavy (non-hydrogen) atoms. The van der Waals surface area contributed by atoms with Gasteiger partial charge in [0.2, 0.25) is 41.6 Å². The maximum Gasteiger partial charge on any atom is 0.513 e. The molecule has 0 saturated heterocycles. The lowest BCUT2D eigenvalue weighted by Crippen LogP contribution is -2.34. The monoisotopic (exact) mass is 455 g/mol. The number of hydrogen-bond acceptors (Lipinski definition) is 6. The summed E-state index contributed by atoms with van der Waals surface area (Å²) in [7, 11) is -5.07. The van der Waals surface area contributed by atoms with Gasteiger partial charge in [0.25, 0.3) is 0 Å². The summed E-state index contributed by atoms with van der Waals surface area (Å²) in [5.74, 6) is -15.4. The number of carboxylic acid groups (broad SMARTS) is 1. The van der Waals surface area contributed by atoms with Gasteiger partial charge in [0.15, 0.2) is 11.5 Å². The molecule has 2 aromatic rings. The van der Waals surface area contributed by atoms with Crippen LogP contribution in [0.3, 0.4) is 0 Å². The fraction of sp³-hybridized carbons (Fsp3) is 0.188. The first kappa shape index (κ1) is 21.7. The van der Waals surface area contributed by atoms with Gasteiger partial charge in [-0.1, -0.05) is 0 Å². The van der Waals surface area contributed by atoms with Crippen LogP contribution >= 0.6 is 7.75 Å². The molecule has 0 amide bonds. The molecule has 2 N–H and O–H groups in total. The number of hydrogen-bond donors (Lipinski definition) is 2. The van der Waals surface area contributed by atoms with Crippen LogP contribution in [0.1, 0.15) is 6.92 Å². The first-order chi connectivity index (χ1) is 14.0. The molecular weight excluding hydrogens is 444 g/mol. The molecule has 1 aliphatic rings. The molecule has 0 fully saturated rings. The topological polar surface area (TPSA) is 103 Å². The largest absolute Gasteiger partial charge is 0.513 e. The number of nitrogens with one attached hydrogen (secondary N) is 1. The molecule has 1 heterocycles. The van der Waals surface area contributed by atoms with Crippen molar-refractivity contribution < 1.29 is 54.9 Å². The van der Waals surface area contributed by atoms with Gasteiger partial charge < -0.3 is 23.6 Å². The number of fused-ring (bicyclic) bond motifs is 1. The molecule has 0 radical (unpaired) electrons. The van der Waals surface area contributed by atoms with Crippen LogP contribution in [0.5, 0.6) is 23.0 Å². The van der Waals surface area contributed by atoms with E-state index in [0.29, 0.717) is 0 Å². The van der Waals surface area contributed by atoms with Crippen LogP contribution in [0.4, 0.5) is 22.0 Å². The van der Waals surface area contributed by atoms with Crippen LogP contribution in [0.15, 0.2) is 18.2 Å². The smallest absolute Gasteiger partial charge is 0.480 e. The Morgan fingerprint density at radius 2 is 1.60 bits per heavy atom. The lowest BCUT2D eigenvalue weighted by atomic mass is 10.3. The highest BCUT2D eigenvalue weighted by Gasteiger charge is 2.38. The molecule has 2 atom stereocenters. The third-order valence-electron chi connectivity index (χ3n) is 3.67. The number of rotatable bonds is 7. The summed E-state index contributed by atoms with van der Waals surface area (Å²) in [5.41, 5.74) is 0. The molecule has 14 heteroatoms.